The highest BCUT2D eigenvalue weighted by atomic mass is 35.5. The highest BCUT2D eigenvalue weighted by Gasteiger charge is 2.12. The van der Waals surface area contributed by atoms with Crippen LogP contribution in [0.3, 0.4) is 0 Å². The summed E-state index contributed by atoms with van der Waals surface area (Å²) in [5.41, 5.74) is 0.815. The number of benzene rings is 2. The van der Waals surface area contributed by atoms with E-state index in [0.717, 1.165) is 0 Å². The maximum atomic E-state index is 11.8. The minimum atomic E-state index is -0.645. The Morgan fingerprint density at radius 2 is 1.76 bits per heavy atom. The lowest BCUT2D eigenvalue weighted by atomic mass is 10.1. The molecule has 2 N–H and O–H groups in total. The van der Waals surface area contributed by atoms with Crippen LogP contribution in [0.4, 0.5) is 5.69 Å². The Bertz CT molecular complexity index is 773. The second-order valence-corrected chi connectivity index (χ2v) is 5.63. The fourth-order valence-corrected chi connectivity index (χ4v) is 2.09. The lowest BCUT2D eigenvalue weighted by molar-refractivity contribution is -0.143. The van der Waals surface area contributed by atoms with E-state index in [-0.39, 0.29) is 24.4 Å². The molecule has 6 nitrogen and oxygen atoms in total. The van der Waals surface area contributed by atoms with E-state index in [0.29, 0.717) is 16.3 Å². The predicted octanol–water partition coefficient (Wildman–Crippen LogP) is 3.19. The quantitative estimate of drug-likeness (QED) is 0.583. The number of esters is 1. The second-order valence-electron chi connectivity index (χ2n) is 5.19. The third-order valence-corrected chi connectivity index (χ3v) is 3.47. The summed E-state index contributed by atoms with van der Waals surface area (Å²) in [5, 5.41) is 12.4. The fraction of sp³-hybridized carbons (Fsp3) is 0.167. The van der Waals surface area contributed by atoms with Crippen molar-refractivity contribution in [3.05, 3.63) is 59.1 Å². The maximum absolute atomic E-state index is 11.8. The van der Waals surface area contributed by atoms with E-state index < -0.39 is 18.5 Å². The zero-order chi connectivity index (χ0) is 18.2. The molecule has 0 aliphatic carbocycles. The molecule has 0 bridgehead atoms. The van der Waals surface area contributed by atoms with Crippen LogP contribution < -0.4 is 5.32 Å². The number of ether oxygens (including phenoxy) is 1. The molecule has 0 atom stereocenters. The average Bonchev–Trinajstić information content (AvgIpc) is 2.58. The monoisotopic (exact) mass is 361 g/mol. The van der Waals surface area contributed by atoms with Gasteiger partial charge < -0.3 is 15.2 Å². The van der Waals surface area contributed by atoms with Crippen molar-refractivity contribution in [1.82, 2.24) is 0 Å². The first-order chi connectivity index (χ1) is 11.9. The summed E-state index contributed by atoms with van der Waals surface area (Å²) in [7, 11) is 0. The summed E-state index contributed by atoms with van der Waals surface area (Å²) in [6.07, 6.45) is -0.248. The third kappa shape index (κ3) is 6.27. The van der Waals surface area contributed by atoms with Gasteiger partial charge in [-0.1, -0.05) is 17.7 Å². The number of anilines is 1. The lowest BCUT2D eigenvalue weighted by Crippen LogP contribution is -2.17. The van der Waals surface area contributed by atoms with E-state index in [1.54, 1.807) is 36.4 Å². The summed E-state index contributed by atoms with van der Waals surface area (Å²) in [5.74, 6) is -1.37. The standard InChI is InChI=1S/C18H16ClNO5/c19-13-6-4-12(5-7-13)16(22)11-25-18(24)9-8-17(23)20-14-2-1-3-15(21)10-14/h1-7,10,21H,8-9,11H2,(H,20,23). The van der Waals surface area contributed by atoms with Gasteiger partial charge in [0.2, 0.25) is 5.91 Å². The van der Waals surface area contributed by atoms with E-state index >= 15 is 0 Å². The molecule has 0 aliphatic rings. The van der Waals surface area contributed by atoms with Gasteiger partial charge >= 0.3 is 5.97 Å². The molecule has 130 valence electrons. The van der Waals surface area contributed by atoms with Crippen molar-refractivity contribution in [2.45, 2.75) is 12.8 Å². The van der Waals surface area contributed by atoms with Gasteiger partial charge in [0.1, 0.15) is 5.75 Å². The summed E-state index contributed by atoms with van der Waals surface area (Å²) in [4.78, 5) is 35.2. The number of nitrogens with one attached hydrogen (secondary N) is 1. The van der Waals surface area contributed by atoms with Gasteiger partial charge in [0, 0.05) is 28.8 Å². The zero-order valence-corrected chi connectivity index (χ0v) is 14.0. The minimum absolute atomic E-state index is 0.0259. The third-order valence-electron chi connectivity index (χ3n) is 3.22. The van der Waals surface area contributed by atoms with E-state index in [1.165, 1.54) is 12.1 Å². The Balaban J connectivity index is 1.72. The molecular formula is C18H16ClNO5. The van der Waals surface area contributed by atoms with Crippen LogP contribution in [-0.2, 0) is 14.3 Å². The number of halogens is 1. The molecule has 0 unspecified atom stereocenters. The summed E-state index contributed by atoms with van der Waals surface area (Å²) in [6.45, 7) is -0.394. The Morgan fingerprint density at radius 1 is 1.04 bits per heavy atom. The first kappa shape index (κ1) is 18.5. The lowest BCUT2D eigenvalue weighted by Gasteiger charge is -2.06. The van der Waals surface area contributed by atoms with Crippen molar-refractivity contribution < 1.29 is 24.2 Å². The predicted molar refractivity (Wildman–Crippen MR) is 92.7 cm³/mol. The van der Waals surface area contributed by atoms with Crippen LogP contribution in [-0.4, -0.2) is 29.4 Å². The van der Waals surface area contributed by atoms with Crippen molar-refractivity contribution in [2.75, 3.05) is 11.9 Å². The van der Waals surface area contributed by atoms with Crippen LogP contribution in [0.5, 0.6) is 5.75 Å². The van der Waals surface area contributed by atoms with Crippen LogP contribution in [0.15, 0.2) is 48.5 Å². The van der Waals surface area contributed by atoms with Gasteiger partial charge in [0.25, 0.3) is 0 Å². The van der Waals surface area contributed by atoms with Crippen molar-refractivity contribution in [3.8, 4) is 5.75 Å². The SMILES string of the molecule is O=C(CCC(=O)OCC(=O)c1ccc(Cl)cc1)Nc1cccc(O)c1. The van der Waals surface area contributed by atoms with Crippen LogP contribution >= 0.6 is 11.6 Å². The number of hydrogen-bond acceptors (Lipinski definition) is 5. The van der Waals surface area contributed by atoms with Gasteiger partial charge in [0.05, 0.1) is 6.42 Å². The van der Waals surface area contributed by atoms with Crippen LogP contribution in [0, 0.1) is 0 Å². The van der Waals surface area contributed by atoms with E-state index in [2.05, 4.69) is 5.32 Å². The molecule has 25 heavy (non-hydrogen) atoms. The number of hydrogen-bond donors (Lipinski definition) is 2. The van der Waals surface area contributed by atoms with E-state index in [4.69, 9.17) is 16.3 Å². The minimum Gasteiger partial charge on any atom is -0.508 e. The molecule has 0 fully saturated rings. The molecule has 0 radical (unpaired) electrons. The van der Waals surface area contributed by atoms with Crippen molar-refractivity contribution in [3.63, 3.8) is 0 Å². The molecule has 0 saturated carbocycles. The Hall–Kier alpha value is -2.86. The Morgan fingerprint density at radius 3 is 2.44 bits per heavy atom. The number of phenolic OH excluding ortho intramolecular Hbond substituents is 1. The maximum Gasteiger partial charge on any atom is 0.306 e. The fourth-order valence-electron chi connectivity index (χ4n) is 1.96. The molecule has 0 heterocycles. The first-order valence-electron chi connectivity index (χ1n) is 7.47. The van der Waals surface area contributed by atoms with E-state index in [1.807, 2.05) is 0 Å². The van der Waals surface area contributed by atoms with Crippen molar-refractivity contribution >= 4 is 34.9 Å². The van der Waals surface area contributed by atoms with Gasteiger partial charge in [-0.05, 0) is 36.4 Å². The zero-order valence-electron chi connectivity index (χ0n) is 13.2. The number of carbonyl (C=O) groups is 3. The highest BCUT2D eigenvalue weighted by Crippen LogP contribution is 2.15. The normalized spacial score (nSPS) is 10.1. The molecule has 0 spiro atoms. The summed E-state index contributed by atoms with van der Waals surface area (Å²) in [6, 6.07) is 12.3. The van der Waals surface area contributed by atoms with Crippen LogP contribution in [0.25, 0.3) is 0 Å². The van der Waals surface area contributed by atoms with Gasteiger partial charge in [-0.2, -0.15) is 0 Å². The topological polar surface area (TPSA) is 92.7 Å². The molecule has 2 rings (SSSR count). The largest absolute Gasteiger partial charge is 0.508 e. The summed E-state index contributed by atoms with van der Waals surface area (Å²) < 4.78 is 4.87. The molecule has 0 saturated heterocycles. The number of phenols is 1. The Kier molecular flexibility index (Phi) is 6.54. The van der Waals surface area contributed by atoms with Gasteiger partial charge in [-0.15, -0.1) is 0 Å². The summed E-state index contributed by atoms with van der Waals surface area (Å²) >= 11 is 5.73. The number of Topliss-reactive ketones (excluding diaryl/α,β-unsaturated/α-hetero) is 1. The van der Waals surface area contributed by atoms with Crippen LogP contribution in [0.1, 0.15) is 23.2 Å². The molecular weight excluding hydrogens is 346 g/mol. The first-order valence-corrected chi connectivity index (χ1v) is 7.85. The number of ketones is 1. The second kappa shape index (κ2) is 8.84. The number of amides is 1. The molecule has 2 aromatic carbocycles. The van der Waals surface area contributed by atoms with Gasteiger partial charge in [-0.25, -0.2) is 0 Å². The number of carbonyl (C=O) groups excluding carboxylic acids is 3. The van der Waals surface area contributed by atoms with Gasteiger partial charge in [0.15, 0.2) is 12.4 Å². The van der Waals surface area contributed by atoms with E-state index in [9.17, 15) is 19.5 Å². The molecule has 0 aromatic heterocycles. The van der Waals surface area contributed by atoms with Crippen molar-refractivity contribution in [2.24, 2.45) is 0 Å². The van der Waals surface area contributed by atoms with Crippen molar-refractivity contribution in [1.29, 1.82) is 0 Å². The number of aromatic hydroxyl groups is 1. The molecule has 7 heteroatoms. The average molecular weight is 362 g/mol. The number of rotatable bonds is 7. The smallest absolute Gasteiger partial charge is 0.306 e. The van der Waals surface area contributed by atoms with Crippen LogP contribution in [0.2, 0.25) is 5.02 Å². The van der Waals surface area contributed by atoms with Gasteiger partial charge in [-0.3, -0.25) is 14.4 Å². The highest BCUT2D eigenvalue weighted by molar-refractivity contribution is 6.30. The Labute approximate surface area is 149 Å². The molecule has 1 amide bonds. The molecule has 0 aliphatic heterocycles. The molecule has 2 aromatic rings.